The number of aromatic nitrogens is 2. The van der Waals surface area contributed by atoms with Gasteiger partial charge in [0.2, 0.25) is 0 Å². The van der Waals surface area contributed by atoms with Crippen LogP contribution in [-0.4, -0.2) is 42.1 Å². The zero-order valence-corrected chi connectivity index (χ0v) is 18.5. The van der Waals surface area contributed by atoms with Crippen molar-refractivity contribution in [3.63, 3.8) is 0 Å². The summed E-state index contributed by atoms with van der Waals surface area (Å²) in [4.78, 5) is 12.8. The topological polar surface area (TPSA) is 74.6 Å². The van der Waals surface area contributed by atoms with Crippen molar-refractivity contribution < 1.29 is 19.0 Å². The number of hydrogen-bond donors (Lipinski definition) is 1. The van der Waals surface area contributed by atoms with Gasteiger partial charge in [-0.15, -0.1) is 0 Å². The Morgan fingerprint density at radius 3 is 2.81 bits per heavy atom. The van der Waals surface area contributed by atoms with Gasteiger partial charge in [-0.2, -0.15) is 5.10 Å². The number of carbonyl (C=O) groups is 1. The Morgan fingerprint density at radius 1 is 1.28 bits per heavy atom. The summed E-state index contributed by atoms with van der Waals surface area (Å²) in [6.07, 6.45) is 5.95. The van der Waals surface area contributed by atoms with E-state index in [1.54, 1.807) is 25.4 Å². The van der Waals surface area contributed by atoms with Gasteiger partial charge >= 0.3 is 0 Å². The van der Waals surface area contributed by atoms with E-state index >= 15 is 0 Å². The van der Waals surface area contributed by atoms with Gasteiger partial charge in [0.15, 0.2) is 0 Å². The average molecular weight is 436 g/mol. The molecular weight excluding hydrogens is 406 g/mol. The fraction of sp³-hybridized carbons (Fsp3) is 0.360. The fourth-order valence-corrected chi connectivity index (χ4v) is 3.79. The number of ether oxygens (including phenoxy) is 3. The lowest BCUT2D eigenvalue weighted by atomic mass is 10.0. The maximum atomic E-state index is 12.8. The number of methoxy groups -OCH3 is 1. The summed E-state index contributed by atoms with van der Waals surface area (Å²) < 4.78 is 18.7. The third-order valence-corrected chi connectivity index (χ3v) is 5.62. The minimum absolute atomic E-state index is 0.132. The average Bonchev–Trinajstić information content (AvgIpc) is 3.52. The predicted octanol–water partition coefficient (Wildman–Crippen LogP) is 3.99. The van der Waals surface area contributed by atoms with E-state index in [1.807, 2.05) is 54.2 Å². The number of rotatable bonds is 9. The van der Waals surface area contributed by atoms with E-state index in [9.17, 15) is 4.79 Å². The molecule has 0 unspecified atom stereocenters. The second kappa shape index (κ2) is 10.3. The Bertz CT molecular complexity index is 1010. The molecule has 2 heterocycles. The number of carbonyl (C=O) groups excluding carboxylic acids is 1. The Labute approximate surface area is 188 Å². The van der Waals surface area contributed by atoms with Gasteiger partial charge in [-0.3, -0.25) is 9.48 Å². The zero-order chi connectivity index (χ0) is 22.3. The molecule has 7 heteroatoms. The molecule has 1 aliphatic rings. The van der Waals surface area contributed by atoms with Gasteiger partial charge in [0.05, 0.1) is 25.8 Å². The van der Waals surface area contributed by atoms with Crippen LogP contribution in [-0.2, 0) is 11.3 Å². The molecule has 1 saturated heterocycles. The first-order chi connectivity index (χ1) is 15.6. The molecule has 0 aliphatic carbocycles. The van der Waals surface area contributed by atoms with E-state index in [1.165, 1.54) is 0 Å². The molecule has 2 atom stereocenters. The lowest BCUT2D eigenvalue weighted by Crippen LogP contribution is -2.26. The van der Waals surface area contributed by atoms with Crippen LogP contribution < -0.4 is 14.8 Å². The number of benzene rings is 2. The van der Waals surface area contributed by atoms with E-state index in [0.29, 0.717) is 18.7 Å². The van der Waals surface area contributed by atoms with Crippen molar-refractivity contribution in [3.05, 3.63) is 77.6 Å². The molecule has 1 aromatic heterocycles. The standard InChI is InChI=1S/C25H29N3O4/c1-18(20-8-11-24(30-2)21(15-20)16-28-13-4-12-26-28)27-25(29)19-6-9-22(10-7-19)32-17-23-5-3-14-31-23/h4,6-13,15,18,23H,3,5,14,16-17H2,1-2H3,(H,27,29)/t18-,23-/m0/s1. The van der Waals surface area contributed by atoms with Gasteiger partial charge in [-0.25, -0.2) is 0 Å². The number of nitrogens with one attached hydrogen (secondary N) is 1. The molecule has 32 heavy (non-hydrogen) atoms. The number of hydrogen-bond acceptors (Lipinski definition) is 5. The van der Waals surface area contributed by atoms with Gasteiger partial charge in [-0.05, 0) is 67.8 Å². The van der Waals surface area contributed by atoms with Crippen LogP contribution in [0.4, 0.5) is 0 Å². The molecule has 1 N–H and O–H groups in total. The highest BCUT2D eigenvalue weighted by Crippen LogP contribution is 2.25. The predicted molar refractivity (Wildman–Crippen MR) is 121 cm³/mol. The number of amides is 1. The van der Waals surface area contributed by atoms with Crippen molar-refractivity contribution in [2.24, 2.45) is 0 Å². The van der Waals surface area contributed by atoms with Crippen LogP contribution in [0.5, 0.6) is 11.5 Å². The molecule has 168 valence electrons. The highest BCUT2D eigenvalue weighted by molar-refractivity contribution is 5.94. The maximum Gasteiger partial charge on any atom is 0.251 e. The maximum absolute atomic E-state index is 12.8. The second-order valence-electron chi connectivity index (χ2n) is 7.94. The SMILES string of the molecule is COc1ccc([C@H](C)NC(=O)c2ccc(OC[C@@H]3CCCO3)cc2)cc1Cn1cccn1. The van der Waals surface area contributed by atoms with Crippen molar-refractivity contribution in [1.82, 2.24) is 15.1 Å². The lowest BCUT2D eigenvalue weighted by molar-refractivity contribution is 0.0679. The molecule has 4 rings (SSSR count). The Kier molecular flexibility index (Phi) is 7.07. The summed E-state index contributed by atoms with van der Waals surface area (Å²) in [5.74, 6) is 1.40. The Balaban J connectivity index is 1.37. The van der Waals surface area contributed by atoms with E-state index < -0.39 is 0 Å². The minimum atomic E-state index is -0.166. The van der Waals surface area contributed by atoms with Gasteiger partial charge in [-0.1, -0.05) is 6.07 Å². The molecule has 1 amide bonds. The van der Waals surface area contributed by atoms with E-state index in [2.05, 4.69) is 10.4 Å². The Morgan fingerprint density at radius 2 is 2.12 bits per heavy atom. The van der Waals surface area contributed by atoms with E-state index in [4.69, 9.17) is 14.2 Å². The fourth-order valence-electron chi connectivity index (χ4n) is 3.79. The summed E-state index contributed by atoms with van der Waals surface area (Å²) in [5, 5.41) is 7.34. The molecule has 0 bridgehead atoms. The summed E-state index contributed by atoms with van der Waals surface area (Å²) >= 11 is 0. The van der Waals surface area contributed by atoms with Crippen molar-refractivity contribution in [3.8, 4) is 11.5 Å². The van der Waals surface area contributed by atoms with Crippen LogP contribution >= 0.6 is 0 Å². The number of nitrogens with zero attached hydrogens (tertiary/aromatic N) is 2. The van der Waals surface area contributed by atoms with Crippen molar-refractivity contribution in [2.75, 3.05) is 20.3 Å². The largest absolute Gasteiger partial charge is 0.496 e. The highest BCUT2D eigenvalue weighted by atomic mass is 16.5. The molecule has 3 aromatic rings. The zero-order valence-electron chi connectivity index (χ0n) is 18.5. The van der Waals surface area contributed by atoms with Gasteiger partial charge in [0.1, 0.15) is 18.1 Å². The smallest absolute Gasteiger partial charge is 0.251 e. The molecule has 1 fully saturated rings. The van der Waals surface area contributed by atoms with Crippen molar-refractivity contribution in [2.45, 2.75) is 38.5 Å². The molecular formula is C25H29N3O4. The molecule has 7 nitrogen and oxygen atoms in total. The van der Waals surface area contributed by atoms with Gasteiger partial charge in [0, 0.05) is 30.1 Å². The molecule has 2 aromatic carbocycles. The molecule has 0 radical (unpaired) electrons. The van der Waals surface area contributed by atoms with Gasteiger partial charge < -0.3 is 19.5 Å². The summed E-state index contributed by atoms with van der Waals surface area (Å²) in [6, 6.07) is 14.9. The second-order valence-corrected chi connectivity index (χ2v) is 7.94. The Hall–Kier alpha value is -3.32. The van der Waals surface area contributed by atoms with Crippen LogP contribution in [0.2, 0.25) is 0 Å². The van der Waals surface area contributed by atoms with Crippen LogP contribution in [0.25, 0.3) is 0 Å². The highest BCUT2D eigenvalue weighted by Gasteiger charge is 2.17. The summed E-state index contributed by atoms with van der Waals surface area (Å²) in [6.45, 7) is 3.92. The van der Waals surface area contributed by atoms with Crippen LogP contribution in [0.15, 0.2) is 60.9 Å². The third kappa shape index (κ3) is 5.48. The normalized spacial score (nSPS) is 16.5. The molecule has 0 spiro atoms. The first-order valence-electron chi connectivity index (χ1n) is 10.9. The minimum Gasteiger partial charge on any atom is -0.496 e. The van der Waals surface area contributed by atoms with Gasteiger partial charge in [0.25, 0.3) is 5.91 Å². The van der Waals surface area contributed by atoms with E-state index in [-0.39, 0.29) is 18.1 Å². The monoisotopic (exact) mass is 435 g/mol. The molecule has 1 aliphatic heterocycles. The molecule has 0 saturated carbocycles. The van der Waals surface area contributed by atoms with Crippen LogP contribution in [0.1, 0.15) is 47.3 Å². The van der Waals surface area contributed by atoms with Crippen LogP contribution in [0.3, 0.4) is 0 Å². The lowest BCUT2D eigenvalue weighted by Gasteiger charge is -2.17. The summed E-state index contributed by atoms with van der Waals surface area (Å²) in [7, 11) is 1.65. The van der Waals surface area contributed by atoms with E-state index in [0.717, 1.165) is 42.1 Å². The third-order valence-electron chi connectivity index (χ3n) is 5.62. The first kappa shape index (κ1) is 21.9. The summed E-state index contributed by atoms with van der Waals surface area (Å²) in [5.41, 5.74) is 2.59. The van der Waals surface area contributed by atoms with Crippen molar-refractivity contribution in [1.29, 1.82) is 0 Å². The first-order valence-corrected chi connectivity index (χ1v) is 10.9. The quantitative estimate of drug-likeness (QED) is 0.550. The van der Waals surface area contributed by atoms with Crippen LogP contribution in [0, 0.1) is 0 Å². The van der Waals surface area contributed by atoms with Crippen molar-refractivity contribution >= 4 is 5.91 Å².